The van der Waals surface area contributed by atoms with Gasteiger partial charge in [0.05, 0.1) is 11.1 Å². The molecule has 0 aliphatic heterocycles. The second-order valence-electron chi connectivity index (χ2n) is 12.6. The first-order chi connectivity index (χ1) is 24.3. The molecule has 0 bridgehead atoms. The SMILES string of the molecule is c1ccc(-c2ccc(N(c3ccc(-c4ccc5cc6c(cc5c4)sc4ccccc46)cc3)c3cccc4oc5ccccc5c34)cc2)cc1. The third-order valence-corrected chi connectivity index (χ3v) is 10.8. The molecule has 10 rings (SSSR count). The van der Waals surface area contributed by atoms with Crippen molar-refractivity contribution in [1.29, 1.82) is 0 Å². The number of thiophene rings is 1. The monoisotopic (exact) mass is 643 g/mol. The first-order valence-electron chi connectivity index (χ1n) is 16.6. The van der Waals surface area contributed by atoms with Crippen LogP contribution in [0.15, 0.2) is 180 Å². The van der Waals surface area contributed by atoms with E-state index >= 15 is 0 Å². The van der Waals surface area contributed by atoms with Crippen LogP contribution in [0.3, 0.4) is 0 Å². The first kappa shape index (κ1) is 27.9. The summed E-state index contributed by atoms with van der Waals surface area (Å²) in [5.74, 6) is 0. The molecular weight excluding hydrogens is 615 g/mol. The number of rotatable bonds is 5. The summed E-state index contributed by atoms with van der Waals surface area (Å²) in [6.07, 6.45) is 0. The van der Waals surface area contributed by atoms with Gasteiger partial charge >= 0.3 is 0 Å². The molecule has 3 heteroatoms. The van der Waals surface area contributed by atoms with E-state index in [0.29, 0.717) is 0 Å². The van der Waals surface area contributed by atoms with Gasteiger partial charge in [-0.1, -0.05) is 109 Å². The predicted molar refractivity (Wildman–Crippen MR) is 210 cm³/mol. The molecule has 0 unspecified atom stereocenters. The van der Waals surface area contributed by atoms with Gasteiger partial charge in [-0.2, -0.15) is 0 Å². The maximum Gasteiger partial charge on any atom is 0.137 e. The Hall–Kier alpha value is -6.16. The number of nitrogens with zero attached hydrogens (tertiary/aromatic N) is 1. The van der Waals surface area contributed by atoms with Crippen LogP contribution in [0.5, 0.6) is 0 Å². The average Bonchev–Trinajstić information content (AvgIpc) is 3.73. The van der Waals surface area contributed by atoms with Gasteiger partial charge in [0, 0.05) is 36.9 Å². The molecule has 0 aliphatic carbocycles. The van der Waals surface area contributed by atoms with E-state index < -0.39 is 0 Å². The second kappa shape index (κ2) is 11.2. The van der Waals surface area contributed by atoms with E-state index in [4.69, 9.17) is 4.42 Å². The van der Waals surface area contributed by atoms with Crippen molar-refractivity contribution in [2.45, 2.75) is 0 Å². The zero-order valence-corrected chi connectivity index (χ0v) is 27.3. The molecule has 2 nitrogen and oxygen atoms in total. The fourth-order valence-corrected chi connectivity index (χ4v) is 8.39. The molecule has 2 aromatic heterocycles. The lowest BCUT2D eigenvalue weighted by Crippen LogP contribution is -2.10. The fourth-order valence-electron chi connectivity index (χ4n) is 7.25. The van der Waals surface area contributed by atoms with Crippen molar-refractivity contribution in [3.8, 4) is 22.3 Å². The van der Waals surface area contributed by atoms with Gasteiger partial charge in [-0.3, -0.25) is 0 Å². The van der Waals surface area contributed by atoms with E-state index in [0.717, 1.165) is 39.0 Å². The molecule has 0 radical (unpaired) electrons. The van der Waals surface area contributed by atoms with Gasteiger partial charge in [0.2, 0.25) is 0 Å². The van der Waals surface area contributed by atoms with Crippen LogP contribution in [0, 0.1) is 0 Å². The van der Waals surface area contributed by atoms with Gasteiger partial charge in [0.1, 0.15) is 11.2 Å². The number of anilines is 3. The van der Waals surface area contributed by atoms with Crippen molar-refractivity contribution >= 4 is 81.3 Å². The summed E-state index contributed by atoms with van der Waals surface area (Å²) < 4.78 is 8.99. The highest BCUT2D eigenvalue weighted by atomic mass is 32.1. The Kier molecular flexibility index (Phi) is 6.39. The van der Waals surface area contributed by atoms with Gasteiger partial charge in [-0.25, -0.2) is 0 Å². The predicted octanol–water partition coefficient (Wildman–Crippen LogP) is 13.9. The van der Waals surface area contributed by atoms with Crippen LogP contribution >= 0.6 is 11.3 Å². The Morgan fingerprint density at radius 2 is 1.02 bits per heavy atom. The first-order valence-corrected chi connectivity index (χ1v) is 17.4. The maximum absolute atomic E-state index is 6.32. The van der Waals surface area contributed by atoms with Gasteiger partial charge in [0.25, 0.3) is 0 Å². The zero-order valence-electron chi connectivity index (χ0n) is 26.5. The minimum atomic E-state index is 0.880. The van der Waals surface area contributed by atoms with E-state index in [1.165, 1.54) is 53.2 Å². The van der Waals surface area contributed by atoms with Crippen molar-refractivity contribution in [2.24, 2.45) is 0 Å². The van der Waals surface area contributed by atoms with E-state index in [2.05, 4.69) is 169 Å². The summed E-state index contributed by atoms with van der Waals surface area (Å²) in [7, 11) is 0. The zero-order chi connectivity index (χ0) is 32.3. The number of benzene rings is 8. The van der Waals surface area contributed by atoms with Gasteiger partial charge < -0.3 is 9.32 Å². The summed E-state index contributed by atoms with van der Waals surface area (Å²) >= 11 is 1.87. The van der Waals surface area contributed by atoms with Gasteiger partial charge in [-0.05, 0) is 99.8 Å². The van der Waals surface area contributed by atoms with Crippen LogP contribution in [0.1, 0.15) is 0 Å². The van der Waals surface area contributed by atoms with E-state index in [1.54, 1.807) is 0 Å². The highest BCUT2D eigenvalue weighted by Gasteiger charge is 2.19. The van der Waals surface area contributed by atoms with Crippen LogP contribution in [0.2, 0.25) is 0 Å². The molecule has 0 saturated carbocycles. The molecule has 0 aliphatic rings. The molecule has 10 aromatic rings. The van der Waals surface area contributed by atoms with E-state index in [-0.39, 0.29) is 0 Å². The topological polar surface area (TPSA) is 16.4 Å². The number of hydrogen-bond acceptors (Lipinski definition) is 3. The largest absolute Gasteiger partial charge is 0.456 e. The number of fused-ring (bicyclic) bond motifs is 7. The van der Waals surface area contributed by atoms with Gasteiger partial charge in [0.15, 0.2) is 0 Å². The average molecular weight is 644 g/mol. The summed E-state index contributed by atoms with van der Waals surface area (Å²) in [5, 5.41) is 7.42. The molecule has 0 N–H and O–H groups in total. The molecule has 0 saturated heterocycles. The highest BCUT2D eigenvalue weighted by molar-refractivity contribution is 7.25. The smallest absolute Gasteiger partial charge is 0.137 e. The highest BCUT2D eigenvalue weighted by Crippen LogP contribution is 2.44. The molecule has 230 valence electrons. The van der Waals surface area contributed by atoms with Crippen LogP contribution < -0.4 is 4.90 Å². The normalized spacial score (nSPS) is 11.7. The Balaban J connectivity index is 1.08. The summed E-state index contributed by atoms with van der Waals surface area (Å²) in [5.41, 5.74) is 9.82. The third kappa shape index (κ3) is 4.70. The molecule has 0 fully saturated rings. The molecular formula is C46H29NOS. The van der Waals surface area contributed by atoms with Crippen LogP contribution in [-0.4, -0.2) is 0 Å². The number of para-hydroxylation sites is 1. The number of hydrogen-bond donors (Lipinski definition) is 0. The van der Waals surface area contributed by atoms with Crippen LogP contribution in [0.4, 0.5) is 17.1 Å². The standard InChI is InChI=1S/C46H29NOS/c1-2-9-30(10-3-1)31-19-23-36(24-20-31)47(41-13-8-15-43-46(41)39-12-4-6-14-42(39)48-43)37-25-21-32(22-26-37)33-17-18-34-28-40-38-11-5-7-16-44(38)49-45(40)29-35(34)27-33/h1-29H. The van der Waals surface area contributed by atoms with E-state index in [1.807, 2.05) is 23.5 Å². The Morgan fingerprint density at radius 1 is 0.388 bits per heavy atom. The Bertz CT molecular complexity index is 2810. The minimum absolute atomic E-state index is 0.880. The molecule has 0 amide bonds. The van der Waals surface area contributed by atoms with Crippen molar-refractivity contribution in [3.63, 3.8) is 0 Å². The lowest BCUT2D eigenvalue weighted by atomic mass is 9.99. The van der Waals surface area contributed by atoms with Crippen molar-refractivity contribution in [3.05, 3.63) is 176 Å². The summed E-state index contributed by atoms with van der Waals surface area (Å²) in [6, 6.07) is 63.2. The quantitative estimate of drug-likeness (QED) is 0.186. The van der Waals surface area contributed by atoms with Gasteiger partial charge in [-0.15, -0.1) is 11.3 Å². The second-order valence-corrected chi connectivity index (χ2v) is 13.6. The van der Waals surface area contributed by atoms with E-state index in [9.17, 15) is 0 Å². The molecule has 8 aromatic carbocycles. The summed E-state index contributed by atoms with van der Waals surface area (Å²) in [6.45, 7) is 0. The van der Waals surface area contributed by atoms with Crippen molar-refractivity contribution in [2.75, 3.05) is 4.90 Å². The minimum Gasteiger partial charge on any atom is -0.456 e. The lowest BCUT2D eigenvalue weighted by Gasteiger charge is -2.26. The molecule has 49 heavy (non-hydrogen) atoms. The number of furan rings is 1. The Morgan fingerprint density at radius 3 is 1.82 bits per heavy atom. The van der Waals surface area contributed by atoms with Crippen molar-refractivity contribution < 1.29 is 4.42 Å². The summed E-state index contributed by atoms with van der Waals surface area (Å²) in [4.78, 5) is 2.35. The van der Waals surface area contributed by atoms with Crippen molar-refractivity contribution in [1.82, 2.24) is 0 Å². The molecule has 0 atom stereocenters. The van der Waals surface area contributed by atoms with Crippen LogP contribution in [-0.2, 0) is 0 Å². The third-order valence-electron chi connectivity index (χ3n) is 9.65. The molecule has 0 spiro atoms. The lowest BCUT2D eigenvalue weighted by molar-refractivity contribution is 0.669. The fraction of sp³-hybridized carbons (Fsp3) is 0. The maximum atomic E-state index is 6.32. The molecule has 2 heterocycles. The van der Waals surface area contributed by atoms with Crippen LogP contribution in [0.25, 0.3) is 75.1 Å². The Labute approximate surface area is 287 Å².